The largest absolute Gasteiger partial charge is 0.467 e. The van der Waals surface area contributed by atoms with E-state index in [1.54, 1.807) is 34.3 Å². The molecule has 29 heavy (non-hydrogen) atoms. The Kier molecular flexibility index (Phi) is 6.02. The van der Waals surface area contributed by atoms with Crippen molar-refractivity contribution in [3.8, 4) is 0 Å². The highest BCUT2D eigenvalue weighted by Crippen LogP contribution is 2.32. The first kappa shape index (κ1) is 19.7. The molecule has 4 aromatic rings. The molecule has 2 aromatic carbocycles. The molecule has 2 aromatic heterocycles. The van der Waals surface area contributed by atoms with Gasteiger partial charge in [0.05, 0.1) is 23.0 Å². The lowest BCUT2D eigenvalue weighted by atomic mass is 10.1. The minimum Gasteiger partial charge on any atom is -0.467 e. The smallest absolute Gasteiger partial charge is 0.230 e. The molecular formula is C23H22N2O2S2. The van der Waals surface area contributed by atoms with Gasteiger partial charge in [0.15, 0.2) is 5.13 Å². The van der Waals surface area contributed by atoms with Gasteiger partial charge in [0.1, 0.15) is 5.76 Å². The fourth-order valence-electron chi connectivity index (χ4n) is 3.01. The zero-order valence-electron chi connectivity index (χ0n) is 16.4. The first-order valence-electron chi connectivity index (χ1n) is 9.48. The monoisotopic (exact) mass is 422 g/mol. The highest BCUT2D eigenvalue weighted by Gasteiger charge is 2.21. The number of rotatable bonds is 7. The van der Waals surface area contributed by atoms with Crippen molar-refractivity contribution in [2.45, 2.75) is 31.7 Å². The third kappa shape index (κ3) is 4.71. The van der Waals surface area contributed by atoms with Gasteiger partial charge in [-0.2, -0.15) is 0 Å². The molecule has 0 bridgehead atoms. The zero-order chi connectivity index (χ0) is 20.2. The van der Waals surface area contributed by atoms with Gasteiger partial charge in [0, 0.05) is 17.1 Å². The molecule has 6 heteroatoms. The number of thioether (sulfide) groups is 1. The van der Waals surface area contributed by atoms with Crippen LogP contribution in [0.5, 0.6) is 0 Å². The molecule has 1 amide bonds. The SMILES string of the molecule is Cc1cc2nc(N(Cc3ccco3)C(=O)CCSc3ccccc3)sc2cc1C. The Morgan fingerprint density at radius 1 is 1.10 bits per heavy atom. The molecule has 0 saturated heterocycles. The number of amides is 1. The quantitative estimate of drug-likeness (QED) is 0.332. The predicted octanol–water partition coefficient (Wildman–Crippen LogP) is 6.22. The van der Waals surface area contributed by atoms with Gasteiger partial charge in [-0.05, 0) is 61.4 Å². The van der Waals surface area contributed by atoms with Gasteiger partial charge in [-0.3, -0.25) is 9.69 Å². The van der Waals surface area contributed by atoms with Crippen LogP contribution in [0.1, 0.15) is 23.3 Å². The van der Waals surface area contributed by atoms with Gasteiger partial charge in [-0.1, -0.05) is 29.5 Å². The van der Waals surface area contributed by atoms with Crippen LogP contribution in [0.15, 0.2) is 70.2 Å². The maximum absolute atomic E-state index is 13.1. The van der Waals surface area contributed by atoms with E-state index in [9.17, 15) is 4.79 Å². The molecule has 0 atom stereocenters. The van der Waals surface area contributed by atoms with Gasteiger partial charge in [0.2, 0.25) is 5.91 Å². The molecule has 4 rings (SSSR count). The molecule has 0 radical (unpaired) electrons. The normalized spacial score (nSPS) is 11.1. The summed E-state index contributed by atoms with van der Waals surface area (Å²) in [5.74, 6) is 1.53. The maximum Gasteiger partial charge on any atom is 0.230 e. The number of carbonyl (C=O) groups is 1. The van der Waals surface area contributed by atoms with Gasteiger partial charge in [0.25, 0.3) is 0 Å². The second-order valence-electron chi connectivity index (χ2n) is 6.87. The minimum atomic E-state index is 0.0531. The van der Waals surface area contributed by atoms with Crippen molar-refractivity contribution < 1.29 is 9.21 Å². The van der Waals surface area contributed by atoms with Crippen molar-refractivity contribution in [2.24, 2.45) is 0 Å². The van der Waals surface area contributed by atoms with Gasteiger partial charge in [-0.15, -0.1) is 11.8 Å². The maximum atomic E-state index is 13.1. The van der Waals surface area contributed by atoms with Crippen molar-refractivity contribution in [1.29, 1.82) is 0 Å². The van der Waals surface area contributed by atoms with E-state index in [0.29, 0.717) is 13.0 Å². The predicted molar refractivity (Wildman–Crippen MR) is 121 cm³/mol. The molecule has 0 spiro atoms. The number of hydrogen-bond donors (Lipinski definition) is 0. The molecule has 0 aliphatic heterocycles. The van der Waals surface area contributed by atoms with E-state index in [-0.39, 0.29) is 5.91 Å². The lowest BCUT2D eigenvalue weighted by Gasteiger charge is -2.18. The molecule has 0 unspecified atom stereocenters. The summed E-state index contributed by atoms with van der Waals surface area (Å²) in [6.07, 6.45) is 2.07. The lowest BCUT2D eigenvalue weighted by molar-refractivity contribution is -0.118. The molecule has 148 valence electrons. The molecule has 0 saturated carbocycles. The Bertz CT molecular complexity index is 1070. The second-order valence-corrected chi connectivity index (χ2v) is 9.05. The number of benzene rings is 2. The van der Waals surface area contributed by atoms with Crippen molar-refractivity contribution in [3.63, 3.8) is 0 Å². The van der Waals surface area contributed by atoms with Crippen molar-refractivity contribution >= 4 is 44.4 Å². The molecule has 0 aliphatic rings. The lowest BCUT2D eigenvalue weighted by Crippen LogP contribution is -2.30. The molecule has 0 fully saturated rings. The van der Waals surface area contributed by atoms with Crippen molar-refractivity contribution in [2.75, 3.05) is 10.7 Å². The first-order chi connectivity index (χ1) is 14.1. The van der Waals surface area contributed by atoms with Crippen LogP contribution in [0.25, 0.3) is 10.2 Å². The number of furan rings is 1. The topological polar surface area (TPSA) is 46.3 Å². The zero-order valence-corrected chi connectivity index (χ0v) is 18.1. The van der Waals surface area contributed by atoms with Crippen molar-refractivity contribution in [3.05, 3.63) is 77.7 Å². The van der Waals surface area contributed by atoms with Crippen LogP contribution in [0, 0.1) is 13.8 Å². The van der Waals surface area contributed by atoms with Crippen LogP contribution in [0.3, 0.4) is 0 Å². The van der Waals surface area contributed by atoms with Crippen LogP contribution < -0.4 is 4.90 Å². The molecule has 0 aliphatic carbocycles. The average Bonchev–Trinajstić information content (AvgIpc) is 3.37. The number of aryl methyl sites for hydroxylation is 2. The Labute approximate surface area is 178 Å². The number of nitrogens with zero attached hydrogens (tertiary/aromatic N) is 2. The molecule has 4 nitrogen and oxygen atoms in total. The van der Waals surface area contributed by atoms with E-state index < -0.39 is 0 Å². The summed E-state index contributed by atoms with van der Waals surface area (Å²) in [6, 6.07) is 18.1. The summed E-state index contributed by atoms with van der Waals surface area (Å²) in [5, 5.41) is 0.719. The Hall–Kier alpha value is -2.57. The number of hydrogen-bond acceptors (Lipinski definition) is 5. The summed E-state index contributed by atoms with van der Waals surface area (Å²) in [7, 11) is 0. The van der Waals surface area contributed by atoms with Crippen molar-refractivity contribution in [1.82, 2.24) is 4.98 Å². The third-order valence-corrected chi connectivity index (χ3v) is 6.80. The second kappa shape index (κ2) is 8.84. The highest BCUT2D eigenvalue weighted by molar-refractivity contribution is 7.99. The fraction of sp³-hybridized carbons (Fsp3) is 0.217. The third-order valence-electron chi connectivity index (χ3n) is 4.75. The minimum absolute atomic E-state index is 0.0531. The molecule has 2 heterocycles. The Balaban J connectivity index is 1.55. The van der Waals surface area contributed by atoms with E-state index in [1.807, 2.05) is 30.3 Å². The molecular weight excluding hydrogens is 400 g/mol. The van der Waals surface area contributed by atoms with E-state index in [1.165, 1.54) is 16.0 Å². The van der Waals surface area contributed by atoms with E-state index in [2.05, 4.69) is 38.1 Å². The summed E-state index contributed by atoms with van der Waals surface area (Å²) in [4.78, 5) is 20.8. The van der Waals surface area contributed by atoms with Crippen LogP contribution in [0.4, 0.5) is 5.13 Å². The van der Waals surface area contributed by atoms with Gasteiger partial charge < -0.3 is 4.42 Å². The molecule has 0 N–H and O–H groups in total. The van der Waals surface area contributed by atoms with Gasteiger partial charge >= 0.3 is 0 Å². The fourth-order valence-corrected chi connectivity index (χ4v) is 4.94. The number of carbonyl (C=O) groups excluding carboxylic acids is 1. The van der Waals surface area contributed by atoms with Gasteiger partial charge in [-0.25, -0.2) is 4.98 Å². The summed E-state index contributed by atoms with van der Waals surface area (Å²) < 4.78 is 6.60. The van der Waals surface area contributed by atoms with Crippen LogP contribution >= 0.6 is 23.1 Å². The summed E-state index contributed by atoms with van der Waals surface area (Å²) in [6.45, 7) is 4.57. The Morgan fingerprint density at radius 2 is 1.90 bits per heavy atom. The number of aromatic nitrogens is 1. The number of fused-ring (bicyclic) bond motifs is 1. The van der Waals surface area contributed by atoms with E-state index >= 15 is 0 Å². The standard InChI is InChI=1S/C23H22N2O2S2/c1-16-13-20-21(14-17(16)2)29-23(24-20)25(15-18-7-6-11-27-18)22(26)10-12-28-19-8-4-3-5-9-19/h3-9,11,13-14H,10,12,15H2,1-2H3. The van der Waals surface area contributed by atoms with Crippen LogP contribution in [-0.4, -0.2) is 16.6 Å². The highest BCUT2D eigenvalue weighted by atomic mass is 32.2. The van der Waals surface area contributed by atoms with Crippen LogP contribution in [-0.2, 0) is 11.3 Å². The summed E-state index contributed by atoms with van der Waals surface area (Å²) >= 11 is 3.24. The summed E-state index contributed by atoms with van der Waals surface area (Å²) in [5.41, 5.74) is 3.37. The van der Waals surface area contributed by atoms with E-state index in [0.717, 1.165) is 26.9 Å². The average molecular weight is 423 g/mol. The van der Waals surface area contributed by atoms with Crippen LogP contribution in [0.2, 0.25) is 0 Å². The number of thiazole rings is 1. The first-order valence-corrected chi connectivity index (χ1v) is 11.3. The number of anilines is 1. The Morgan fingerprint density at radius 3 is 2.66 bits per heavy atom. The van der Waals surface area contributed by atoms with E-state index in [4.69, 9.17) is 9.40 Å².